The van der Waals surface area contributed by atoms with E-state index in [-0.39, 0.29) is 11.9 Å². The molecule has 1 unspecified atom stereocenters. The van der Waals surface area contributed by atoms with Crippen LogP contribution in [-0.4, -0.2) is 35.4 Å². The summed E-state index contributed by atoms with van der Waals surface area (Å²) in [5, 5.41) is 4.41. The van der Waals surface area contributed by atoms with Crippen LogP contribution in [0.2, 0.25) is 10.0 Å². The van der Waals surface area contributed by atoms with Crippen LogP contribution in [0.4, 0.5) is 0 Å². The van der Waals surface area contributed by atoms with Crippen LogP contribution >= 0.6 is 23.2 Å². The van der Waals surface area contributed by atoms with Crippen LogP contribution in [0.15, 0.2) is 42.7 Å². The average Bonchev–Trinajstić information content (AvgIpc) is 2.63. The third kappa shape index (κ3) is 4.07. The summed E-state index contributed by atoms with van der Waals surface area (Å²) in [4.78, 5) is 18.8. The molecule has 1 saturated heterocycles. The number of nitrogens with one attached hydrogen (secondary N) is 1. The van der Waals surface area contributed by atoms with Gasteiger partial charge in [-0.2, -0.15) is 0 Å². The Morgan fingerprint density at radius 1 is 1.29 bits per heavy atom. The van der Waals surface area contributed by atoms with E-state index in [1.54, 1.807) is 12.3 Å². The average molecular weight is 364 g/mol. The lowest BCUT2D eigenvalue weighted by atomic mass is 10.0. The van der Waals surface area contributed by atoms with E-state index in [2.05, 4.69) is 10.3 Å². The van der Waals surface area contributed by atoms with Crippen molar-refractivity contribution in [3.63, 3.8) is 0 Å². The summed E-state index contributed by atoms with van der Waals surface area (Å²) in [7, 11) is 0. The molecule has 0 spiro atoms. The maximum Gasteiger partial charge on any atom is 0.223 e. The van der Waals surface area contributed by atoms with Gasteiger partial charge in [-0.25, -0.2) is 0 Å². The molecule has 1 aliphatic heterocycles. The number of aryl methyl sites for hydroxylation is 1. The minimum atomic E-state index is 0.0359. The number of amides is 1. The molecular formula is C18H19Cl2N3O. The van der Waals surface area contributed by atoms with Gasteiger partial charge < -0.3 is 10.2 Å². The number of benzene rings is 1. The highest BCUT2D eigenvalue weighted by Gasteiger charge is 2.27. The Morgan fingerprint density at radius 3 is 2.92 bits per heavy atom. The summed E-state index contributed by atoms with van der Waals surface area (Å²) in [5.74, 6) is 0.149. The number of hydrogen-bond acceptors (Lipinski definition) is 3. The maximum absolute atomic E-state index is 12.7. The zero-order chi connectivity index (χ0) is 16.9. The van der Waals surface area contributed by atoms with Crippen molar-refractivity contribution in [3.05, 3.63) is 63.9 Å². The summed E-state index contributed by atoms with van der Waals surface area (Å²) in [5.41, 5.74) is 2.08. The van der Waals surface area contributed by atoms with Gasteiger partial charge in [0, 0.05) is 38.4 Å². The first-order chi connectivity index (χ1) is 11.6. The number of carbonyl (C=O) groups excluding carboxylic acids is 1. The molecule has 0 bridgehead atoms. The lowest BCUT2D eigenvalue weighted by molar-refractivity contribution is -0.134. The zero-order valence-electron chi connectivity index (χ0n) is 13.2. The fourth-order valence-electron chi connectivity index (χ4n) is 2.96. The summed E-state index contributed by atoms with van der Waals surface area (Å²) >= 11 is 12.0. The van der Waals surface area contributed by atoms with Crippen molar-refractivity contribution < 1.29 is 4.79 Å². The molecule has 2 aromatic rings. The molecule has 0 saturated carbocycles. The van der Waals surface area contributed by atoms with Gasteiger partial charge in [0.25, 0.3) is 0 Å². The van der Waals surface area contributed by atoms with Crippen molar-refractivity contribution in [2.24, 2.45) is 0 Å². The van der Waals surface area contributed by atoms with Gasteiger partial charge in [-0.1, -0.05) is 35.3 Å². The van der Waals surface area contributed by atoms with E-state index in [4.69, 9.17) is 23.2 Å². The van der Waals surface area contributed by atoms with Crippen molar-refractivity contribution in [2.45, 2.75) is 18.9 Å². The van der Waals surface area contributed by atoms with Gasteiger partial charge in [0.05, 0.1) is 16.1 Å². The quantitative estimate of drug-likeness (QED) is 0.903. The minimum Gasteiger partial charge on any atom is -0.333 e. The Balaban J connectivity index is 1.67. The predicted molar refractivity (Wildman–Crippen MR) is 96.3 cm³/mol. The van der Waals surface area contributed by atoms with E-state index >= 15 is 0 Å². The molecule has 1 aliphatic rings. The van der Waals surface area contributed by atoms with Crippen LogP contribution in [-0.2, 0) is 11.2 Å². The first kappa shape index (κ1) is 17.2. The van der Waals surface area contributed by atoms with Crippen LogP contribution in [0, 0.1) is 0 Å². The van der Waals surface area contributed by atoms with Crippen molar-refractivity contribution >= 4 is 29.1 Å². The summed E-state index contributed by atoms with van der Waals surface area (Å²) in [6.45, 7) is 2.28. The van der Waals surface area contributed by atoms with Crippen molar-refractivity contribution in [2.75, 3.05) is 19.6 Å². The number of aromatic nitrogens is 1. The van der Waals surface area contributed by atoms with Crippen molar-refractivity contribution in [3.8, 4) is 0 Å². The van der Waals surface area contributed by atoms with Crippen LogP contribution < -0.4 is 5.32 Å². The lowest BCUT2D eigenvalue weighted by Crippen LogP contribution is -2.48. The number of halogens is 2. The smallest absolute Gasteiger partial charge is 0.223 e. The van der Waals surface area contributed by atoms with E-state index < -0.39 is 0 Å². The molecule has 126 valence electrons. The van der Waals surface area contributed by atoms with Crippen LogP contribution in [0.1, 0.15) is 23.6 Å². The number of piperazine rings is 1. The molecule has 2 heterocycles. The van der Waals surface area contributed by atoms with Gasteiger partial charge >= 0.3 is 0 Å². The van der Waals surface area contributed by atoms with Gasteiger partial charge in [0.2, 0.25) is 5.91 Å². The Bertz CT molecular complexity index is 709. The van der Waals surface area contributed by atoms with Crippen molar-refractivity contribution in [1.82, 2.24) is 15.2 Å². The number of rotatable bonds is 4. The summed E-state index contributed by atoms with van der Waals surface area (Å²) < 4.78 is 0. The molecular weight excluding hydrogens is 345 g/mol. The number of hydrogen-bond donors (Lipinski definition) is 1. The molecule has 1 amide bonds. The molecule has 24 heavy (non-hydrogen) atoms. The SMILES string of the molecule is O=C(CCc1ccc(Cl)c(Cl)c1)N1CCNCC1c1cccnc1. The predicted octanol–water partition coefficient (Wildman–Crippen LogP) is 3.49. The normalized spacial score (nSPS) is 17.8. The first-order valence-electron chi connectivity index (χ1n) is 7.99. The molecule has 3 rings (SSSR count). The highest BCUT2D eigenvalue weighted by molar-refractivity contribution is 6.42. The Morgan fingerprint density at radius 2 is 2.17 bits per heavy atom. The highest BCUT2D eigenvalue weighted by atomic mass is 35.5. The monoisotopic (exact) mass is 363 g/mol. The standard InChI is InChI=1S/C18H19Cl2N3O/c19-15-5-3-13(10-16(15)20)4-6-18(24)23-9-8-22-12-17(23)14-2-1-7-21-11-14/h1-3,5,7,10-11,17,22H,4,6,8-9,12H2. The molecule has 1 fully saturated rings. The van der Waals surface area contributed by atoms with Gasteiger partial charge in [-0.3, -0.25) is 9.78 Å². The van der Waals surface area contributed by atoms with Crippen molar-refractivity contribution in [1.29, 1.82) is 0 Å². The Kier molecular flexibility index (Phi) is 5.72. The number of carbonyl (C=O) groups is 1. The Hall–Kier alpha value is -1.62. The molecule has 1 aromatic carbocycles. The third-order valence-corrected chi connectivity index (χ3v) is 4.98. The van der Waals surface area contributed by atoms with E-state index in [0.29, 0.717) is 29.4 Å². The molecule has 4 nitrogen and oxygen atoms in total. The second kappa shape index (κ2) is 7.97. The molecule has 0 radical (unpaired) electrons. The zero-order valence-corrected chi connectivity index (χ0v) is 14.7. The number of nitrogens with zero attached hydrogens (tertiary/aromatic N) is 2. The molecule has 1 atom stereocenters. The van der Waals surface area contributed by atoms with E-state index in [1.165, 1.54) is 0 Å². The lowest BCUT2D eigenvalue weighted by Gasteiger charge is -2.36. The summed E-state index contributed by atoms with van der Waals surface area (Å²) in [6, 6.07) is 9.47. The van der Waals surface area contributed by atoms with Crippen LogP contribution in [0.5, 0.6) is 0 Å². The molecule has 1 N–H and O–H groups in total. The molecule has 1 aromatic heterocycles. The second-order valence-corrected chi connectivity index (χ2v) is 6.66. The highest BCUT2D eigenvalue weighted by Crippen LogP contribution is 2.25. The minimum absolute atomic E-state index is 0.0359. The van der Waals surface area contributed by atoms with E-state index in [9.17, 15) is 4.79 Å². The summed E-state index contributed by atoms with van der Waals surface area (Å²) in [6.07, 6.45) is 4.68. The topological polar surface area (TPSA) is 45.2 Å². The molecule has 0 aliphatic carbocycles. The number of pyridine rings is 1. The second-order valence-electron chi connectivity index (χ2n) is 5.84. The fourth-order valence-corrected chi connectivity index (χ4v) is 3.28. The van der Waals surface area contributed by atoms with E-state index in [0.717, 1.165) is 24.2 Å². The van der Waals surface area contributed by atoms with Crippen LogP contribution in [0.25, 0.3) is 0 Å². The van der Waals surface area contributed by atoms with Crippen LogP contribution in [0.3, 0.4) is 0 Å². The third-order valence-electron chi connectivity index (χ3n) is 4.24. The molecule has 6 heteroatoms. The van der Waals surface area contributed by atoms with Gasteiger partial charge in [-0.05, 0) is 35.7 Å². The first-order valence-corrected chi connectivity index (χ1v) is 8.75. The maximum atomic E-state index is 12.7. The van der Waals surface area contributed by atoms with Gasteiger partial charge in [0.15, 0.2) is 0 Å². The van der Waals surface area contributed by atoms with Gasteiger partial charge in [0.1, 0.15) is 0 Å². The van der Waals surface area contributed by atoms with E-state index in [1.807, 2.05) is 35.4 Å². The fraction of sp³-hybridized carbons (Fsp3) is 0.333. The van der Waals surface area contributed by atoms with Gasteiger partial charge in [-0.15, -0.1) is 0 Å². The Labute approximate surface area is 151 Å². The largest absolute Gasteiger partial charge is 0.333 e.